The van der Waals surface area contributed by atoms with Gasteiger partial charge in [-0.15, -0.1) is 0 Å². The Labute approximate surface area is 156 Å². The van der Waals surface area contributed by atoms with E-state index in [9.17, 15) is 0 Å². The van der Waals surface area contributed by atoms with Gasteiger partial charge in [-0.25, -0.2) is 0 Å². The molecule has 0 unspecified atom stereocenters. The number of nitrogens with zero attached hydrogens (tertiary/aromatic N) is 2. The van der Waals surface area contributed by atoms with E-state index in [4.69, 9.17) is 0 Å². The molecule has 0 amide bonds. The van der Waals surface area contributed by atoms with E-state index in [1.807, 2.05) is 0 Å². The molecule has 0 radical (unpaired) electrons. The Balaban J connectivity index is 1.30. The molecule has 3 aromatic rings. The number of benzene rings is 2. The van der Waals surface area contributed by atoms with Crippen LogP contribution < -0.4 is 0 Å². The highest BCUT2D eigenvalue weighted by Gasteiger charge is 2.17. The van der Waals surface area contributed by atoms with E-state index in [0.717, 1.165) is 26.1 Å². The van der Waals surface area contributed by atoms with Crippen molar-refractivity contribution in [1.82, 2.24) is 14.8 Å². The Hall–Kier alpha value is -2.10. The molecule has 3 heteroatoms. The second-order valence-electron chi connectivity index (χ2n) is 7.61. The molecular formula is C23H29N3. The van der Waals surface area contributed by atoms with E-state index >= 15 is 0 Å². The van der Waals surface area contributed by atoms with Crippen LogP contribution in [0.25, 0.3) is 10.9 Å². The average Bonchev–Trinajstić information content (AvgIpc) is 2.96. The first-order valence-electron chi connectivity index (χ1n) is 9.75. The zero-order chi connectivity index (χ0) is 17.9. The lowest BCUT2D eigenvalue weighted by Gasteiger charge is -2.34. The highest BCUT2D eigenvalue weighted by atomic mass is 15.3. The third kappa shape index (κ3) is 3.84. The van der Waals surface area contributed by atoms with Gasteiger partial charge in [-0.05, 0) is 49.1 Å². The molecule has 1 saturated heterocycles. The number of piperazine rings is 1. The molecular weight excluding hydrogens is 318 g/mol. The van der Waals surface area contributed by atoms with Crippen LogP contribution in [0.3, 0.4) is 0 Å². The topological polar surface area (TPSA) is 22.3 Å². The van der Waals surface area contributed by atoms with Gasteiger partial charge in [0.25, 0.3) is 0 Å². The van der Waals surface area contributed by atoms with Crippen molar-refractivity contribution in [1.29, 1.82) is 0 Å². The molecule has 4 rings (SSSR count). The summed E-state index contributed by atoms with van der Waals surface area (Å²) < 4.78 is 0. The van der Waals surface area contributed by atoms with Crippen LogP contribution in [-0.2, 0) is 13.0 Å². The van der Waals surface area contributed by atoms with E-state index in [0.29, 0.717) is 0 Å². The largest absolute Gasteiger partial charge is 0.358 e. The van der Waals surface area contributed by atoms with Crippen molar-refractivity contribution in [3.8, 4) is 0 Å². The summed E-state index contributed by atoms with van der Waals surface area (Å²) in [5.74, 6) is 0. The fourth-order valence-electron chi connectivity index (χ4n) is 3.97. The van der Waals surface area contributed by atoms with Crippen LogP contribution in [0.4, 0.5) is 0 Å². The normalized spacial score (nSPS) is 16.4. The van der Waals surface area contributed by atoms with E-state index < -0.39 is 0 Å². The molecule has 2 heterocycles. The van der Waals surface area contributed by atoms with Gasteiger partial charge >= 0.3 is 0 Å². The van der Waals surface area contributed by atoms with Crippen LogP contribution in [0.1, 0.15) is 22.4 Å². The third-order valence-electron chi connectivity index (χ3n) is 5.80. The third-order valence-corrected chi connectivity index (χ3v) is 5.80. The number of rotatable bonds is 5. The fraction of sp³-hybridized carbons (Fsp3) is 0.391. The summed E-state index contributed by atoms with van der Waals surface area (Å²) in [5, 5.41) is 1.38. The summed E-state index contributed by atoms with van der Waals surface area (Å²) in [7, 11) is 0. The number of aryl methyl sites for hydroxylation is 2. The maximum absolute atomic E-state index is 3.47. The number of hydrogen-bond acceptors (Lipinski definition) is 2. The predicted molar refractivity (Wildman–Crippen MR) is 110 cm³/mol. The number of aromatic nitrogens is 1. The summed E-state index contributed by atoms with van der Waals surface area (Å²) in [5.41, 5.74) is 6.80. The second-order valence-corrected chi connectivity index (χ2v) is 7.61. The van der Waals surface area contributed by atoms with Gasteiger partial charge in [0.2, 0.25) is 0 Å². The highest BCUT2D eigenvalue weighted by molar-refractivity contribution is 5.84. The molecule has 0 aliphatic carbocycles. The van der Waals surface area contributed by atoms with Crippen molar-refractivity contribution in [3.63, 3.8) is 0 Å². The maximum Gasteiger partial charge on any atom is 0.0458 e. The quantitative estimate of drug-likeness (QED) is 0.749. The standard InChI is InChI=1S/C23H29N3/c1-18-19(2)24-23-9-8-21(16-22(18)23)17-26-14-12-25(13-15-26)11-10-20-6-4-3-5-7-20/h3-9,16,24H,10-15,17H2,1-2H3. The summed E-state index contributed by atoms with van der Waals surface area (Å²) in [6.07, 6.45) is 1.16. The lowest BCUT2D eigenvalue weighted by molar-refractivity contribution is 0.128. The minimum absolute atomic E-state index is 1.06. The average molecular weight is 348 g/mol. The minimum Gasteiger partial charge on any atom is -0.358 e. The molecule has 26 heavy (non-hydrogen) atoms. The van der Waals surface area contributed by atoms with Gasteiger partial charge in [-0.3, -0.25) is 4.90 Å². The van der Waals surface area contributed by atoms with Crippen molar-refractivity contribution in [2.75, 3.05) is 32.7 Å². The highest BCUT2D eigenvalue weighted by Crippen LogP contribution is 2.23. The van der Waals surface area contributed by atoms with Crippen LogP contribution in [-0.4, -0.2) is 47.5 Å². The molecule has 1 aromatic heterocycles. The first-order valence-corrected chi connectivity index (χ1v) is 9.75. The van der Waals surface area contributed by atoms with Crippen LogP contribution >= 0.6 is 0 Å². The van der Waals surface area contributed by atoms with Gasteiger partial charge in [0, 0.05) is 55.9 Å². The fourth-order valence-corrected chi connectivity index (χ4v) is 3.97. The van der Waals surface area contributed by atoms with Crippen LogP contribution in [0.5, 0.6) is 0 Å². The van der Waals surface area contributed by atoms with Crippen LogP contribution in [0.15, 0.2) is 48.5 Å². The minimum atomic E-state index is 1.06. The Morgan fingerprint density at radius 2 is 1.58 bits per heavy atom. The van der Waals surface area contributed by atoms with Crippen LogP contribution in [0, 0.1) is 13.8 Å². The molecule has 0 atom stereocenters. The Kier molecular flexibility index (Phi) is 5.09. The molecule has 1 N–H and O–H groups in total. The summed E-state index contributed by atoms with van der Waals surface area (Å²) in [4.78, 5) is 8.67. The molecule has 0 spiro atoms. The summed E-state index contributed by atoms with van der Waals surface area (Å²) in [6.45, 7) is 11.3. The maximum atomic E-state index is 3.47. The number of nitrogens with one attached hydrogen (secondary N) is 1. The van der Waals surface area contributed by atoms with Crippen molar-refractivity contribution < 1.29 is 0 Å². The first kappa shape index (κ1) is 17.3. The van der Waals surface area contributed by atoms with Crippen LogP contribution in [0.2, 0.25) is 0 Å². The van der Waals surface area contributed by atoms with Crippen molar-refractivity contribution >= 4 is 10.9 Å². The van der Waals surface area contributed by atoms with Gasteiger partial charge in [0.15, 0.2) is 0 Å². The lowest BCUT2D eigenvalue weighted by Crippen LogP contribution is -2.46. The van der Waals surface area contributed by atoms with E-state index in [1.54, 1.807) is 0 Å². The van der Waals surface area contributed by atoms with Crippen molar-refractivity contribution in [2.24, 2.45) is 0 Å². The Morgan fingerprint density at radius 1 is 0.846 bits per heavy atom. The number of H-pyrrole nitrogens is 1. The molecule has 3 nitrogen and oxygen atoms in total. The Morgan fingerprint density at radius 3 is 2.35 bits per heavy atom. The summed E-state index contributed by atoms with van der Waals surface area (Å²) >= 11 is 0. The molecule has 1 fully saturated rings. The van der Waals surface area contributed by atoms with E-state index in [-0.39, 0.29) is 0 Å². The summed E-state index contributed by atoms with van der Waals surface area (Å²) in [6, 6.07) is 17.7. The smallest absolute Gasteiger partial charge is 0.0458 e. The second kappa shape index (κ2) is 7.65. The van der Waals surface area contributed by atoms with Gasteiger partial charge in [-0.1, -0.05) is 36.4 Å². The van der Waals surface area contributed by atoms with E-state index in [2.05, 4.69) is 77.2 Å². The van der Waals surface area contributed by atoms with Gasteiger partial charge in [0.05, 0.1) is 0 Å². The number of hydrogen-bond donors (Lipinski definition) is 1. The zero-order valence-corrected chi connectivity index (χ0v) is 16.0. The van der Waals surface area contributed by atoms with Crippen molar-refractivity contribution in [2.45, 2.75) is 26.8 Å². The van der Waals surface area contributed by atoms with Gasteiger partial charge < -0.3 is 9.88 Å². The van der Waals surface area contributed by atoms with E-state index in [1.165, 1.54) is 52.9 Å². The number of aromatic amines is 1. The first-order chi connectivity index (χ1) is 12.7. The SMILES string of the molecule is Cc1[nH]c2ccc(CN3CCN(CCc4ccccc4)CC3)cc2c1C. The number of fused-ring (bicyclic) bond motifs is 1. The van der Waals surface area contributed by atoms with Gasteiger partial charge in [-0.2, -0.15) is 0 Å². The molecule has 1 aliphatic rings. The molecule has 136 valence electrons. The van der Waals surface area contributed by atoms with Gasteiger partial charge in [0.1, 0.15) is 0 Å². The zero-order valence-electron chi connectivity index (χ0n) is 16.0. The van der Waals surface area contributed by atoms with Crippen molar-refractivity contribution in [3.05, 3.63) is 70.9 Å². The Bertz CT molecular complexity index is 858. The predicted octanol–water partition coefficient (Wildman–Crippen LogP) is 4.15. The molecule has 1 aliphatic heterocycles. The molecule has 0 bridgehead atoms. The molecule has 0 saturated carbocycles. The molecule has 2 aromatic carbocycles. The monoisotopic (exact) mass is 347 g/mol. The lowest BCUT2D eigenvalue weighted by atomic mass is 10.1.